The number of aryl methyl sites for hydroxylation is 1. The van der Waals surface area contributed by atoms with Gasteiger partial charge in [-0.05, 0) is 46.1 Å². The third-order valence-electron chi connectivity index (χ3n) is 4.26. The van der Waals surface area contributed by atoms with Crippen LogP contribution in [0, 0.1) is 23.0 Å². The number of aromatic nitrogens is 2. The molecule has 2 unspecified atom stereocenters. The van der Waals surface area contributed by atoms with E-state index in [1.165, 1.54) is 6.42 Å². The van der Waals surface area contributed by atoms with Crippen molar-refractivity contribution in [2.75, 3.05) is 11.9 Å². The molecule has 1 aromatic heterocycles. The van der Waals surface area contributed by atoms with Gasteiger partial charge in [0.1, 0.15) is 5.69 Å². The SMILES string of the molecule is Cc1nn(C(C)C)c(NC2CCCCC2CN)c1[N+](=O)[O-]. The quantitative estimate of drug-likeness (QED) is 0.642. The first-order valence-electron chi connectivity index (χ1n) is 7.65. The summed E-state index contributed by atoms with van der Waals surface area (Å²) in [7, 11) is 0. The maximum Gasteiger partial charge on any atom is 0.333 e. The molecule has 0 aliphatic heterocycles. The van der Waals surface area contributed by atoms with E-state index < -0.39 is 0 Å². The molecule has 1 aliphatic carbocycles. The summed E-state index contributed by atoms with van der Waals surface area (Å²) in [6.45, 7) is 6.25. The standard InChI is InChI=1S/C14H25N5O2/c1-9(2)18-14(13(19(20)21)10(3)17-18)16-12-7-5-4-6-11(12)8-15/h9,11-12,16H,4-8,15H2,1-3H3. The molecular weight excluding hydrogens is 270 g/mol. The van der Waals surface area contributed by atoms with E-state index in [4.69, 9.17) is 5.73 Å². The smallest absolute Gasteiger partial charge is 0.333 e. The van der Waals surface area contributed by atoms with Gasteiger partial charge in [-0.2, -0.15) is 5.10 Å². The van der Waals surface area contributed by atoms with E-state index in [0.29, 0.717) is 24.0 Å². The van der Waals surface area contributed by atoms with Gasteiger partial charge in [0.2, 0.25) is 5.82 Å². The molecule has 3 N–H and O–H groups in total. The van der Waals surface area contributed by atoms with Gasteiger partial charge in [0, 0.05) is 12.1 Å². The van der Waals surface area contributed by atoms with Gasteiger partial charge in [-0.3, -0.25) is 10.1 Å². The van der Waals surface area contributed by atoms with Crippen LogP contribution in [0.4, 0.5) is 11.5 Å². The van der Waals surface area contributed by atoms with Crippen LogP contribution in [0.3, 0.4) is 0 Å². The Bertz CT molecular complexity index is 512. The van der Waals surface area contributed by atoms with E-state index in [1.54, 1.807) is 11.6 Å². The van der Waals surface area contributed by atoms with Gasteiger partial charge in [0.15, 0.2) is 0 Å². The number of nitrogens with zero attached hydrogens (tertiary/aromatic N) is 3. The Kier molecular flexibility index (Phi) is 4.82. The zero-order valence-corrected chi connectivity index (χ0v) is 13.0. The first-order chi connectivity index (χ1) is 9.95. The molecule has 2 rings (SSSR count). The number of hydrogen-bond acceptors (Lipinski definition) is 5. The largest absolute Gasteiger partial charge is 0.361 e. The zero-order chi connectivity index (χ0) is 15.6. The third kappa shape index (κ3) is 3.18. The lowest BCUT2D eigenvalue weighted by atomic mass is 9.84. The van der Waals surface area contributed by atoms with Crippen LogP contribution in [-0.4, -0.2) is 27.3 Å². The average molecular weight is 295 g/mol. The third-order valence-corrected chi connectivity index (χ3v) is 4.26. The fourth-order valence-corrected chi connectivity index (χ4v) is 3.12. The first kappa shape index (κ1) is 15.8. The van der Waals surface area contributed by atoms with Gasteiger partial charge in [-0.15, -0.1) is 0 Å². The lowest BCUT2D eigenvalue weighted by molar-refractivity contribution is -0.384. The van der Waals surface area contributed by atoms with Gasteiger partial charge in [0.05, 0.1) is 4.92 Å². The molecule has 1 aromatic rings. The summed E-state index contributed by atoms with van der Waals surface area (Å²) in [5.74, 6) is 0.895. The fourth-order valence-electron chi connectivity index (χ4n) is 3.12. The number of nitrogens with one attached hydrogen (secondary N) is 1. The predicted octanol–water partition coefficient (Wildman–Crippen LogP) is 2.61. The number of rotatable bonds is 5. The Morgan fingerprint density at radius 2 is 2.14 bits per heavy atom. The van der Waals surface area contributed by atoms with Crippen molar-refractivity contribution in [3.63, 3.8) is 0 Å². The lowest BCUT2D eigenvalue weighted by Gasteiger charge is -2.32. The van der Waals surface area contributed by atoms with E-state index in [-0.39, 0.29) is 22.7 Å². The van der Waals surface area contributed by atoms with Gasteiger partial charge < -0.3 is 11.1 Å². The summed E-state index contributed by atoms with van der Waals surface area (Å²) in [6, 6.07) is 0.260. The highest BCUT2D eigenvalue weighted by atomic mass is 16.6. The highest BCUT2D eigenvalue weighted by molar-refractivity contribution is 5.60. The van der Waals surface area contributed by atoms with Crippen molar-refractivity contribution >= 4 is 11.5 Å². The molecule has 1 saturated carbocycles. The van der Waals surface area contributed by atoms with Crippen molar-refractivity contribution in [3.8, 4) is 0 Å². The van der Waals surface area contributed by atoms with Crippen LogP contribution in [0.1, 0.15) is 51.3 Å². The minimum Gasteiger partial charge on any atom is -0.361 e. The molecule has 1 aliphatic rings. The van der Waals surface area contributed by atoms with Crippen molar-refractivity contribution in [1.29, 1.82) is 0 Å². The van der Waals surface area contributed by atoms with E-state index in [0.717, 1.165) is 19.3 Å². The lowest BCUT2D eigenvalue weighted by Crippen LogP contribution is -2.37. The molecule has 1 heterocycles. The van der Waals surface area contributed by atoms with Crippen molar-refractivity contribution in [2.45, 2.75) is 58.5 Å². The predicted molar refractivity (Wildman–Crippen MR) is 82.4 cm³/mol. The van der Waals surface area contributed by atoms with Gasteiger partial charge in [-0.25, -0.2) is 4.68 Å². The van der Waals surface area contributed by atoms with Crippen LogP contribution in [0.25, 0.3) is 0 Å². The number of anilines is 1. The van der Waals surface area contributed by atoms with Crippen LogP contribution < -0.4 is 11.1 Å². The van der Waals surface area contributed by atoms with Crippen molar-refractivity contribution in [3.05, 3.63) is 15.8 Å². The van der Waals surface area contributed by atoms with Crippen LogP contribution in [0.2, 0.25) is 0 Å². The minimum absolute atomic E-state index is 0.0693. The molecule has 2 atom stereocenters. The average Bonchev–Trinajstić information content (AvgIpc) is 2.76. The van der Waals surface area contributed by atoms with E-state index >= 15 is 0 Å². The van der Waals surface area contributed by atoms with Crippen LogP contribution in [0.5, 0.6) is 0 Å². The molecule has 0 aromatic carbocycles. The maximum atomic E-state index is 11.4. The number of nitro groups is 1. The summed E-state index contributed by atoms with van der Waals surface area (Å²) in [5, 5.41) is 19.1. The Morgan fingerprint density at radius 3 is 2.71 bits per heavy atom. The van der Waals surface area contributed by atoms with Crippen LogP contribution in [-0.2, 0) is 0 Å². The Labute approximate surface area is 125 Å². The molecule has 0 saturated heterocycles. The van der Waals surface area contributed by atoms with Crippen LogP contribution in [0.15, 0.2) is 0 Å². The molecule has 7 nitrogen and oxygen atoms in total. The second-order valence-corrected chi connectivity index (χ2v) is 6.11. The second kappa shape index (κ2) is 6.43. The van der Waals surface area contributed by atoms with Gasteiger partial charge in [-0.1, -0.05) is 12.8 Å². The first-order valence-corrected chi connectivity index (χ1v) is 7.65. The van der Waals surface area contributed by atoms with E-state index in [2.05, 4.69) is 10.4 Å². The molecular formula is C14H25N5O2. The van der Waals surface area contributed by atoms with Crippen LogP contribution >= 0.6 is 0 Å². The zero-order valence-electron chi connectivity index (χ0n) is 13.0. The maximum absolute atomic E-state index is 11.4. The summed E-state index contributed by atoms with van der Waals surface area (Å²) < 4.78 is 1.72. The number of nitrogens with two attached hydrogens (primary N) is 1. The molecule has 1 fully saturated rings. The molecule has 0 spiro atoms. The molecule has 21 heavy (non-hydrogen) atoms. The molecule has 0 amide bonds. The molecule has 0 radical (unpaired) electrons. The summed E-state index contributed by atoms with van der Waals surface area (Å²) in [5.41, 5.74) is 6.39. The Morgan fingerprint density at radius 1 is 1.48 bits per heavy atom. The summed E-state index contributed by atoms with van der Waals surface area (Å²) >= 11 is 0. The highest BCUT2D eigenvalue weighted by Crippen LogP contribution is 2.34. The Hall–Kier alpha value is -1.63. The summed E-state index contributed by atoms with van der Waals surface area (Å²) in [4.78, 5) is 11.0. The second-order valence-electron chi connectivity index (χ2n) is 6.11. The minimum atomic E-state index is -0.343. The topological polar surface area (TPSA) is 99.0 Å². The number of hydrogen-bond donors (Lipinski definition) is 2. The van der Waals surface area contributed by atoms with Gasteiger partial charge >= 0.3 is 5.69 Å². The molecule has 0 bridgehead atoms. The van der Waals surface area contributed by atoms with E-state index in [1.807, 2.05) is 13.8 Å². The highest BCUT2D eigenvalue weighted by Gasteiger charge is 2.31. The monoisotopic (exact) mass is 295 g/mol. The van der Waals surface area contributed by atoms with Crippen molar-refractivity contribution < 1.29 is 4.92 Å². The summed E-state index contributed by atoms with van der Waals surface area (Å²) in [6.07, 6.45) is 4.40. The Balaban J connectivity index is 2.34. The normalized spacial score (nSPS) is 22.5. The van der Waals surface area contributed by atoms with Crippen molar-refractivity contribution in [2.24, 2.45) is 11.7 Å². The fraction of sp³-hybridized carbons (Fsp3) is 0.786. The van der Waals surface area contributed by atoms with Crippen molar-refractivity contribution in [1.82, 2.24) is 9.78 Å². The van der Waals surface area contributed by atoms with E-state index in [9.17, 15) is 10.1 Å². The molecule has 7 heteroatoms. The van der Waals surface area contributed by atoms with Gasteiger partial charge in [0.25, 0.3) is 0 Å². The molecule has 118 valence electrons.